The van der Waals surface area contributed by atoms with Crippen molar-refractivity contribution in [2.75, 3.05) is 20.1 Å². The average Bonchev–Trinajstić information content (AvgIpc) is 2.33. The summed E-state index contributed by atoms with van der Waals surface area (Å²) in [6.45, 7) is 2.19. The van der Waals surface area contributed by atoms with Gasteiger partial charge in [-0.1, -0.05) is 13.3 Å². The van der Waals surface area contributed by atoms with E-state index in [2.05, 4.69) is 0 Å². The number of β-amino-alcohol motifs (C(OH)–C–C–N with tert-alkyl or cyclic N) is 1. The molecule has 0 aliphatic carbocycles. The number of aliphatic hydroxyl groups is 1. The molecule has 1 N–H and O–H groups in total. The highest BCUT2D eigenvalue weighted by atomic mass is 16.3. The summed E-state index contributed by atoms with van der Waals surface area (Å²) in [5.74, 6) is -0.229. The molecule has 3 amide bonds. The number of amides is 3. The molecule has 1 fully saturated rings. The number of carbonyl (C=O) groups is 2. The molecule has 5 nitrogen and oxygen atoms in total. The third kappa shape index (κ3) is 2.23. The van der Waals surface area contributed by atoms with E-state index >= 15 is 0 Å². The summed E-state index contributed by atoms with van der Waals surface area (Å²) in [5.41, 5.74) is 0. The summed E-state index contributed by atoms with van der Waals surface area (Å²) in [6.07, 6.45) is 0.855. The minimum atomic E-state index is -0.598. The van der Waals surface area contributed by atoms with Crippen LogP contribution < -0.4 is 0 Å². The molecule has 0 spiro atoms. The predicted octanol–water partition coefficient (Wildman–Crippen LogP) is 0.0414. The Morgan fingerprint density at radius 1 is 1.50 bits per heavy atom. The molecule has 14 heavy (non-hydrogen) atoms. The Labute approximate surface area is 83.3 Å². The number of hydrogen-bond donors (Lipinski definition) is 1. The number of urea groups is 1. The highest BCUT2D eigenvalue weighted by Gasteiger charge is 2.34. The molecule has 1 unspecified atom stereocenters. The zero-order valence-corrected chi connectivity index (χ0v) is 8.56. The topological polar surface area (TPSA) is 60.9 Å². The number of carbonyl (C=O) groups excluding carboxylic acids is 2. The minimum absolute atomic E-state index is 0.121. The van der Waals surface area contributed by atoms with E-state index in [0.29, 0.717) is 6.42 Å². The Balaban J connectivity index is 2.51. The maximum Gasteiger partial charge on any atom is 0.327 e. The van der Waals surface area contributed by atoms with Gasteiger partial charge in [0.25, 0.3) is 0 Å². The van der Waals surface area contributed by atoms with Gasteiger partial charge in [-0.2, -0.15) is 0 Å². The van der Waals surface area contributed by atoms with E-state index in [9.17, 15) is 14.7 Å². The van der Waals surface area contributed by atoms with Crippen molar-refractivity contribution in [3.63, 3.8) is 0 Å². The standard InChI is InChI=1S/C9H16N2O3/c1-3-4-7(12)5-11-8(13)6-10(2)9(11)14/h7,12H,3-6H2,1-2H3. The van der Waals surface area contributed by atoms with Crippen LogP contribution in [0.25, 0.3) is 0 Å². The van der Waals surface area contributed by atoms with Crippen LogP contribution in [0, 0.1) is 0 Å². The Morgan fingerprint density at radius 3 is 2.57 bits per heavy atom. The van der Waals surface area contributed by atoms with E-state index < -0.39 is 6.10 Å². The van der Waals surface area contributed by atoms with Gasteiger partial charge in [0.1, 0.15) is 6.54 Å². The lowest BCUT2D eigenvalue weighted by atomic mass is 10.2. The van der Waals surface area contributed by atoms with Gasteiger partial charge in [-0.15, -0.1) is 0 Å². The van der Waals surface area contributed by atoms with Crippen LogP contribution in [0.5, 0.6) is 0 Å². The number of rotatable bonds is 4. The van der Waals surface area contributed by atoms with Gasteiger partial charge in [-0.3, -0.25) is 9.69 Å². The second kappa shape index (κ2) is 4.41. The molecule has 1 aliphatic heterocycles. The molecule has 80 valence electrons. The molecular formula is C9H16N2O3. The molecule has 1 aliphatic rings. The van der Waals surface area contributed by atoms with Crippen LogP contribution in [-0.2, 0) is 4.79 Å². The Bertz CT molecular complexity index is 242. The van der Waals surface area contributed by atoms with E-state index in [0.717, 1.165) is 11.3 Å². The molecule has 1 atom stereocenters. The highest BCUT2D eigenvalue weighted by Crippen LogP contribution is 2.10. The molecule has 1 heterocycles. The van der Waals surface area contributed by atoms with Crippen LogP contribution >= 0.6 is 0 Å². The van der Waals surface area contributed by atoms with Gasteiger partial charge < -0.3 is 10.0 Å². The van der Waals surface area contributed by atoms with Crippen LogP contribution in [0.3, 0.4) is 0 Å². The molecular weight excluding hydrogens is 184 g/mol. The van der Waals surface area contributed by atoms with Crippen molar-refractivity contribution in [3.8, 4) is 0 Å². The number of imide groups is 1. The summed E-state index contributed by atoms with van der Waals surface area (Å²) < 4.78 is 0. The van der Waals surface area contributed by atoms with Gasteiger partial charge in [0.2, 0.25) is 5.91 Å². The maximum absolute atomic E-state index is 11.4. The third-order valence-corrected chi connectivity index (χ3v) is 2.25. The molecule has 1 rings (SSSR count). The summed E-state index contributed by atoms with van der Waals surface area (Å²) in [6, 6.07) is -0.315. The smallest absolute Gasteiger partial charge is 0.327 e. The van der Waals surface area contributed by atoms with Crippen molar-refractivity contribution >= 4 is 11.9 Å². The number of hydrogen-bond acceptors (Lipinski definition) is 3. The Hall–Kier alpha value is -1.10. The van der Waals surface area contributed by atoms with Crippen molar-refractivity contribution in [2.45, 2.75) is 25.9 Å². The summed E-state index contributed by atoms with van der Waals surface area (Å²) in [5, 5.41) is 9.47. The van der Waals surface area contributed by atoms with Crippen molar-refractivity contribution in [1.82, 2.24) is 9.80 Å². The van der Waals surface area contributed by atoms with Gasteiger partial charge in [-0.25, -0.2) is 4.79 Å². The third-order valence-electron chi connectivity index (χ3n) is 2.25. The van der Waals surface area contributed by atoms with E-state index in [1.807, 2.05) is 6.92 Å². The van der Waals surface area contributed by atoms with Crippen LogP contribution in [-0.4, -0.2) is 53.1 Å². The monoisotopic (exact) mass is 200 g/mol. The first-order valence-corrected chi connectivity index (χ1v) is 4.79. The molecule has 1 saturated heterocycles. The van der Waals surface area contributed by atoms with Crippen LogP contribution in [0.2, 0.25) is 0 Å². The predicted molar refractivity (Wildman–Crippen MR) is 50.7 cm³/mol. The molecule has 0 saturated carbocycles. The molecule has 0 aromatic carbocycles. The molecule has 5 heteroatoms. The molecule has 0 aromatic heterocycles. The van der Waals surface area contributed by atoms with Gasteiger partial charge in [-0.05, 0) is 6.42 Å². The fourth-order valence-electron chi connectivity index (χ4n) is 1.48. The summed E-state index contributed by atoms with van der Waals surface area (Å²) in [7, 11) is 1.58. The molecule has 0 aromatic rings. The van der Waals surface area contributed by atoms with E-state index in [-0.39, 0.29) is 25.0 Å². The Kier molecular flexibility index (Phi) is 3.46. The van der Waals surface area contributed by atoms with Gasteiger partial charge >= 0.3 is 6.03 Å². The molecule has 0 bridgehead atoms. The molecule has 0 radical (unpaired) electrons. The first-order valence-electron chi connectivity index (χ1n) is 4.79. The van der Waals surface area contributed by atoms with Crippen molar-refractivity contribution < 1.29 is 14.7 Å². The second-order valence-corrected chi connectivity index (χ2v) is 3.59. The SMILES string of the molecule is CCCC(O)CN1C(=O)CN(C)C1=O. The number of nitrogens with zero attached hydrogens (tertiary/aromatic N) is 2. The normalized spacial score (nSPS) is 19.4. The van der Waals surface area contributed by atoms with Crippen LogP contribution in [0.1, 0.15) is 19.8 Å². The average molecular weight is 200 g/mol. The highest BCUT2D eigenvalue weighted by molar-refractivity contribution is 6.01. The first kappa shape index (κ1) is 11.0. The van der Waals surface area contributed by atoms with Crippen molar-refractivity contribution in [2.24, 2.45) is 0 Å². The Morgan fingerprint density at radius 2 is 2.14 bits per heavy atom. The largest absolute Gasteiger partial charge is 0.391 e. The van der Waals surface area contributed by atoms with Gasteiger partial charge in [0.05, 0.1) is 12.6 Å². The lowest BCUT2D eigenvalue weighted by Crippen LogP contribution is -2.37. The minimum Gasteiger partial charge on any atom is -0.391 e. The van der Waals surface area contributed by atoms with E-state index in [4.69, 9.17) is 0 Å². The fraction of sp³-hybridized carbons (Fsp3) is 0.778. The van der Waals surface area contributed by atoms with Gasteiger partial charge in [0, 0.05) is 7.05 Å². The lowest BCUT2D eigenvalue weighted by Gasteiger charge is -2.17. The first-order chi connectivity index (χ1) is 6.56. The summed E-state index contributed by atoms with van der Waals surface area (Å²) in [4.78, 5) is 25.1. The zero-order chi connectivity index (χ0) is 10.7. The lowest BCUT2D eigenvalue weighted by molar-refractivity contribution is -0.126. The fourth-order valence-corrected chi connectivity index (χ4v) is 1.48. The van der Waals surface area contributed by atoms with Crippen molar-refractivity contribution in [1.29, 1.82) is 0 Å². The van der Waals surface area contributed by atoms with Crippen LogP contribution in [0.4, 0.5) is 4.79 Å². The quantitative estimate of drug-likeness (QED) is 0.652. The maximum atomic E-state index is 11.4. The van der Waals surface area contributed by atoms with Crippen molar-refractivity contribution in [3.05, 3.63) is 0 Å². The van der Waals surface area contributed by atoms with E-state index in [1.54, 1.807) is 7.05 Å². The number of likely N-dealkylation sites (N-methyl/N-ethyl adjacent to an activating group) is 1. The zero-order valence-electron chi connectivity index (χ0n) is 8.56. The number of aliphatic hydroxyl groups excluding tert-OH is 1. The van der Waals surface area contributed by atoms with Gasteiger partial charge in [0.15, 0.2) is 0 Å². The van der Waals surface area contributed by atoms with E-state index in [1.165, 1.54) is 4.90 Å². The second-order valence-electron chi connectivity index (χ2n) is 3.59. The van der Waals surface area contributed by atoms with Crippen LogP contribution in [0.15, 0.2) is 0 Å². The summed E-state index contributed by atoms with van der Waals surface area (Å²) >= 11 is 0.